The SMILES string of the molecule is CCCOCCNCc1noc(C)n1. The zero-order valence-corrected chi connectivity index (χ0v) is 8.75. The number of rotatable bonds is 7. The number of nitrogens with zero attached hydrogens (tertiary/aromatic N) is 2. The van der Waals surface area contributed by atoms with Crippen molar-refractivity contribution in [2.45, 2.75) is 26.8 Å². The molecule has 80 valence electrons. The van der Waals surface area contributed by atoms with Crippen LogP contribution in [-0.2, 0) is 11.3 Å². The average Bonchev–Trinajstić information content (AvgIpc) is 2.58. The second-order valence-electron chi connectivity index (χ2n) is 3.02. The normalized spacial score (nSPS) is 10.7. The second kappa shape index (κ2) is 6.50. The van der Waals surface area contributed by atoms with Crippen LogP contribution in [0.4, 0.5) is 0 Å². The predicted octanol–water partition coefficient (Wildman–Crippen LogP) is 0.894. The lowest BCUT2D eigenvalue weighted by atomic mass is 10.5. The molecule has 5 heteroatoms. The molecule has 0 radical (unpaired) electrons. The molecular formula is C9H17N3O2. The Kier molecular flexibility index (Phi) is 5.17. The largest absolute Gasteiger partial charge is 0.380 e. The number of nitrogens with one attached hydrogen (secondary N) is 1. The molecule has 0 saturated heterocycles. The van der Waals surface area contributed by atoms with Crippen molar-refractivity contribution in [3.8, 4) is 0 Å². The minimum absolute atomic E-state index is 0.601. The van der Waals surface area contributed by atoms with Crippen molar-refractivity contribution in [2.24, 2.45) is 0 Å². The Morgan fingerprint density at radius 1 is 1.43 bits per heavy atom. The van der Waals surface area contributed by atoms with Crippen LogP contribution in [0.25, 0.3) is 0 Å². The second-order valence-corrected chi connectivity index (χ2v) is 3.02. The lowest BCUT2D eigenvalue weighted by Gasteiger charge is -2.02. The van der Waals surface area contributed by atoms with E-state index in [1.807, 2.05) is 0 Å². The smallest absolute Gasteiger partial charge is 0.223 e. The summed E-state index contributed by atoms with van der Waals surface area (Å²) in [4.78, 5) is 4.06. The Hall–Kier alpha value is -0.940. The molecule has 0 unspecified atom stereocenters. The topological polar surface area (TPSA) is 60.2 Å². The zero-order chi connectivity index (χ0) is 10.2. The van der Waals surface area contributed by atoms with Gasteiger partial charge in [-0.15, -0.1) is 0 Å². The first-order valence-electron chi connectivity index (χ1n) is 4.90. The van der Waals surface area contributed by atoms with Crippen molar-refractivity contribution in [3.05, 3.63) is 11.7 Å². The summed E-state index contributed by atoms with van der Waals surface area (Å²) in [7, 11) is 0. The van der Waals surface area contributed by atoms with E-state index in [4.69, 9.17) is 9.26 Å². The van der Waals surface area contributed by atoms with E-state index in [1.54, 1.807) is 6.92 Å². The molecule has 1 aromatic rings. The number of aryl methyl sites for hydroxylation is 1. The first-order valence-corrected chi connectivity index (χ1v) is 4.90. The Morgan fingerprint density at radius 2 is 2.29 bits per heavy atom. The molecule has 14 heavy (non-hydrogen) atoms. The summed E-state index contributed by atoms with van der Waals surface area (Å²) in [5, 5.41) is 6.92. The van der Waals surface area contributed by atoms with Gasteiger partial charge in [0, 0.05) is 20.1 Å². The van der Waals surface area contributed by atoms with Gasteiger partial charge in [-0.2, -0.15) is 4.98 Å². The van der Waals surface area contributed by atoms with E-state index < -0.39 is 0 Å². The Balaban J connectivity index is 1.99. The fraction of sp³-hybridized carbons (Fsp3) is 0.778. The van der Waals surface area contributed by atoms with Crippen LogP contribution in [0.2, 0.25) is 0 Å². The quantitative estimate of drug-likeness (QED) is 0.661. The summed E-state index contributed by atoms with van der Waals surface area (Å²) in [5.41, 5.74) is 0. The first-order chi connectivity index (χ1) is 6.83. The van der Waals surface area contributed by atoms with Gasteiger partial charge >= 0.3 is 0 Å². The maximum atomic E-state index is 5.30. The van der Waals surface area contributed by atoms with Gasteiger partial charge in [0.05, 0.1) is 13.2 Å². The van der Waals surface area contributed by atoms with Crippen LogP contribution in [0.1, 0.15) is 25.1 Å². The lowest BCUT2D eigenvalue weighted by molar-refractivity contribution is 0.136. The van der Waals surface area contributed by atoms with Crippen LogP contribution in [0.5, 0.6) is 0 Å². The monoisotopic (exact) mass is 199 g/mol. The summed E-state index contributed by atoms with van der Waals surface area (Å²) in [6.45, 7) is 6.87. The van der Waals surface area contributed by atoms with Crippen molar-refractivity contribution >= 4 is 0 Å². The van der Waals surface area contributed by atoms with Crippen LogP contribution < -0.4 is 5.32 Å². The number of hydrogen-bond donors (Lipinski definition) is 1. The molecule has 0 atom stereocenters. The molecular weight excluding hydrogens is 182 g/mol. The Bertz CT molecular complexity index is 250. The fourth-order valence-corrected chi connectivity index (χ4v) is 1.00. The lowest BCUT2D eigenvalue weighted by Crippen LogP contribution is -2.20. The molecule has 0 bridgehead atoms. The third-order valence-electron chi connectivity index (χ3n) is 1.62. The van der Waals surface area contributed by atoms with Crippen molar-refractivity contribution in [3.63, 3.8) is 0 Å². The van der Waals surface area contributed by atoms with Gasteiger partial charge in [0.2, 0.25) is 5.89 Å². The Labute approximate surface area is 83.8 Å². The summed E-state index contributed by atoms with van der Waals surface area (Å²) >= 11 is 0. The van der Waals surface area contributed by atoms with Crippen molar-refractivity contribution in [1.82, 2.24) is 15.5 Å². The summed E-state index contributed by atoms with van der Waals surface area (Å²) in [6.07, 6.45) is 1.06. The Morgan fingerprint density at radius 3 is 2.93 bits per heavy atom. The summed E-state index contributed by atoms with van der Waals surface area (Å²) < 4.78 is 10.1. The molecule has 0 aromatic carbocycles. The minimum Gasteiger partial charge on any atom is -0.380 e. The van der Waals surface area contributed by atoms with Crippen LogP contribution >= 0.6 is 0 Å². The molecule has 0 saturated carbocycles. The van der Waals surface area contributed by atoms with Gasteiger partial charge in [-0.1, -0.05) is 12.1 Å². The van der Waals surface area contributed by atoms with E-state index in [9.17, 15) is 0 Å². The van der Waals surface area contributed by atoms with Crippen LogP contribution in [-0.4, -0.2) is 29.9 Å². The maximum Gasteiger partial charge on any atom is 0.223 e. The van der Waals surface area contributed by atoms with Gasteiger partial charge in [0.15, 0.2) is 5.82 Å². The highest BCUT2D eigenvalue weighted by molar-refractivity contribution is 4.82. The van der Waals surface area contributed by atoms with Gasteiger partial charge < -0.3 is 14.6 Å². The van der Waals surface area contributed by atoms with E-state index in [2.05, 4.69) is 22.4 Å². The van der Waals surface area contributed by atoms with Gasteiger partial charge in [0.25, 0.3) is 0 Å². The van der Waals surface area contributed by atoms with E-state index in [-0.39, 0.29) is 0 Å². The summed E-state index contributed by atoms with van der Waals surface area (Å²) in [5.74, 6) is 1.29. The molecule has 1 rings (SSSR count). The number of hydrogen-bond acceptors (Lipinski definition) is 5. The molecule has 5 nitrogen and oxygen atoms in total. The highest BCUT2D eigenvalue weighted by Crippen LogP contribution is 1.93. The fourth-order valence-electron chi connectivity index (χ4n) is 1.00. The van der Waals surface area contributed by atoms with Crippen molar-refractivity contribution in [2.75, 3.05) is 19.8 Å². The predicted molar refractivity (Wildman–Crippen MR) is 51.9 cm³/mol. The van der Waals surface area contributed by atoms with E-state index in [0.717, 1.165) is 26.2 Å². The number of ether oxygens (including phenoxy) is 1. The zero-order valence-electron chi connectivity index (χ0n) is 8.75. The highest BCUT2D eigenvalue weighted by atomic mass is 16.5. The minimum atomic E-state index is 0.601. The summed E-state index contributed by atoms with van der Waals surface area (Å²) in [6, 6.07) is 0. The van der Waals surface area contributed by atoms with Crippen molar-refractivity contribution in [1.29, 1.82) is 0 Å². The molecule has 0 fully saturated rings. The average molecular weight is 199 g/mol. The molecule has 0 aliphatic rings. The molecule has 1 heterocycles. The van der Waals surface area contributed by atoms with Crippen LogP contribution in [0, 0.1) is 6.92 Å². The molecule has 1 aromatic heterocycles. The van der Waals surface area contributed by atoms with Crippen molar-refractivity contribution < 1.29 is 9.26 Å². The van der Waals surface area contributed by atoms with Gasteiger partial charge in [-0.25, -0.2) is 0 Å². The van der Waals surface area contributed by atoms with Crippen LogP contribution in [0.3, 0.4) is 0 Å². The van der Waals surface area contributed by atoms with E-state index >= 15 is 0 Å². The first kappa shape index (κ1) is 11.1. The van der Waals surface area contributed by atoms with Gasteiger partial charge in [-0.05, 0) is 6.42 Å². The van der Waals surface area contributed by atoms with Crippen LogP contribution in [0.15, 0.2) is 4.52 Å². The maximum absolute atomic E-state index is 5.30. The number of aromatic nitrogens is 2. The standard InChI is InChI=1S/C9H17N3O2/c1-3-5-13-6-4-10-7-9-11-8(2)14-12-9/h10H,3-7H2,1-2H3. The molecule has 0 amide bonds. The van der Waals surface area contributed by atoms with Gasteiger partial charge in [-0.3, -0.25) is 0 Å². The van der Waals surface area contributed by atoms with Gasteiger partial charge in [0.1, 0.15) is 0 Å². The molecule has 0 aliphatic heterocycles. The highest BCUT2D eigenvalue weighted by Gasteiger charge is 1.99. The molecule has 0 spiro atoms. The van der Waals surface area contributed by atoms with E-state index in [1.165, 1.54) is 0 Å². The third kappa shape index (κ3) is 4.34. The third-order valence-corrected chi connectivity index (χ3v) is 1.62. The molecule has 1 N–H and O–H groups in total. The van der Waals surface area contributed by atoms with E-state index in [0.29, 0.717) is 18.3 Å². The molecule has 0 aliphatic carbocycles.